The molecule has 2 N–H and O–H groups in total. The van der Waals surface area contributed by atoms with E-state index in [1.54, 1.807) is 35.4 Å². The van der Waals surface area contributed by atoms with E-state index in [2.05, 4.69) is 4.98 Å². The van der Waals surface area contributed by atoms with E-state index in [4.69, 9.17) is 10.5 Å². The van der Waals surface area contributed by atoms with Gasteiger partial charge in [0.2, 0.25) is 5.91 Å². The quantitative estimate of drug-likeness (QED) is 0.615. The topological polar surface area (TPSA) is 68.5 Å². The summed E-state index contributed by atoms with van der Waals surface area (Å²) >= 11 is 3.32. The highest BCUT2D eigenvalue weighted by molar-refractivity contribution is 8.01. The zero-order chi connectivity index (χ0) is 16.1. The van der Waals surface area contributed by atoms with Crippen molar-refractivity contribution < 1.29 is 9.53 Å². The van der Waals surface area contributed by atoms with Crippen molar-refractivity contribution in [1.82, 2.24) is 9.88 Å². The number of nitrogens with two attached hydrogens (primary N) is 1. The molecule has 1 aromatic heterocycles. The Morgan fingerprint density at radius 2 is 2.39 bits per heavy atom. The van der Waals surface area contributed by atoms with Gasteiger partial charge >= 0.3 is 0 Å². The number of likely N-dealkylation sites (tertiary alicyclic amines) is 1. The molecule has 0 bridgehead atoms. The number of rotatable bonds is 7. The number of carbonyl (C=O) groups is 1. The maximum Gasteiger partial charge on any atom is 0.223 e. The Hall–Kier alpha value is -1.73. The van der Waals surface area contributed by atoms with Gasteiger partial charge in [-0.2, -0.15) is 0 Å². The molecule has 0 unspecified atom stereocenters. The van der Waals surface area contributed by atoms with Crippen molar-refractivity contribution in [1.29, 1.82) is 0 Å². The smallest absolute Gasteiger partial charge is 0.223 e. The van der Waals surface area contributed by atoms with Gasteiger partial charge in [0.15, 0.2) is 0 Å². The zero-order valence-corrected chi connectivity index (χ0v) is 14.3. The lowest BCUT2D eigenvalue weighted by Gasteiger charge is -2.24. The van der Waals surface area contributed by atoms with Gasteiger partial charge in [-0.05, 0) is 18.6 Å². The summed E-state index contributed by atoms with van der Waals surface area (Å²) in [6.07, 6.45) is 3.26. The van der Waals surface area contributed by atoms with Gasteiger partial charge in [-0.3, -0.25) is 4.79 Å². The van der Waals surface area contributed by atoms with Crippen LogP contribution in [0.5, 0.6) is 5.75 Å². The van der Waals surface area contributed by atoms with Gasteiger partial charge in [-0.25, -0.2) is 4.98 Å². The minimum atomic E-state index is 0.140. The van der Waals surface area contributed by atoms with Crippen molar-refractivity contribution in [2.75, 3.05) is 24.6 Å². The van der Waals surface area contributed by atoms with Crippen molar-refractivity contribution in [2.24, 2.45) is 0 Å². The van der Waals surface area contributed by atoms with Crippen LogP contribution in [0.4, 0.5) is 5.69 Å². The van der Waals surface area contributed by atoms with Crippen molar-refractivity contribution >= 4 is 34.7 Å². The first-order chi connectivity index (χ1) is 11.2. The third kappa shape index (κ3) is 4.39. The van der Waals surface area contributed by atoms with Crippen LogP contribution < -0.4 is 10.5 Å². The Labute approximate surface area is 143 Å². The van der Waals surface area contributed by atoms with Gasteiger partial charge in [-0.15, -0.1) is 11.3 Å². The number of thiazole rings is 1. The predicted molar refractivity (Wildman–Crippen MR) is 93.9 cm³/mol. The van der Waals surface area contributed by atoms with E-state index in [1.165, 1.54) is 0 Å². The third-order valence-corrected chi connectivity index (χ3v) is 5.67. The second kappa shape index (κ2) is 7.70. The van der Waals surface area contributed by atoms with Crippen LogP contribution in [0.15, 0.2) is 40.2 Å². The van der Waals surface area contributed by atoms with Crippen molar-refractivity contribution in [3.05, 3.63) is 35.8 Å². The normalized spacial score (nSPS) is 17.7. The number of amides is 1. The van der Waals surface area contributed by atoms with Crippen molar-refractivity contribution in [3.8, 4) is 5.75 Å². The first-order valence-electron chi connectivity index (χ1n) is 7.52. The van der Waals surface area contributed by atoms with E-state index in [0.717, 1.165) is 28.8 Å². The molecule has 1 aliphatic heterocycles. The van der Waals surface area contributed by atoms with Crippen LogP contribution in [0.25, 0.3) is 0 Å². The molecule has 7 heteroatoms. The highest BCUT2D eigenvalue weighted by Crippen LogP contribution is 2.24. The summed E-state index contributed by atoms with van der Waals surface area (Å²) in [5.41, 5.74) is 6.43. The molecule has 1 atom stereocenters. The summed E-state index contributed by atoms with van der Waals surface area (Å²) in [5.74, 6) is 1.82. The SMILES string of the molecule is Nc1cccc(OC[C@H]2CCC(=O)N2CCSc2nccs2)c1. The minimum absolute atomic E-state index is 0.140. The second-order valence-electron chi connectivity index (χ2n) is 5.31. The van der Waals surface area contributed by atoms with E-state index >= 15 is 0 Å². The molecule has 2 aromatic rings. The number of nitrogen functional groups attached to an aromatic ring is 1. The Morgan fingerprint density at radius 1 is 1.48 bits per heavy atom. The number of hydrogen-bond acceptors (Lipinski definition) is 6. The van der Waals surface area contributed by atoms with Crippen LogP contribution in [-0.2, 0) is 4.79 Å². The molecule has 23 heavy (non-hydrogen) atoms. The number of benzene rings is 1. The summed E-state index contributed by atoms with van der Waals surface area (Å²) in [5, 5.41) is 1.96. The van der Waals surface area contributed by atoms with Crippen LogP contribution in [0.1, 0.15) is 12.8 Å². The van der Waals surface area contributed by atoms with E-state index in [9.17, 15) is 4.79 Å². The standard InChI is InChI=1S/C16H19N3O2S2/c17-12-2-1-3-14(10-12)21-11-13-4-5-15(20)19(13)7-9-23-16-18-6-8-22-16/h1-3,6,8,10,13H,4-5,7,9,11,17H2/t13-/m1/s1. The lowest BCUT2D eigenvalue weighted by molar-refractivity contribution is -0.129. The second-order valence-corrected chi connectivity index (χ2v) is 7.55. The molecule has 1 amide bonds. The number of thioether (sulfide) groups is 1. The van der Waals surface area contributed by atoms with Gasteiger partial charge in [0.25, 0.3) is 0 Å². The first-order valence-corrected chi connectivity index (χ1v) is 9.39. The number of hydrogen-bond donors (Lipinski definition) is 1. The van der Waals surface area contributed by atoms with Gasteiger partial charge in [-0.1, -0.05) is 17.8 Å². The lowest BCUT2D eigenvalue weighted by Crippen LogP contribution is -2.38. The number of carbonyl (C=O) groups excluding carboxylic acids is 1. The molecule has 1 fully saturated rings. The molecule has 0 aliphatic carbocycles. The van der Waals surface area contributed by atoms with Gasteiger partial charge in [0.05, 0.1) is 6.04 Å². The third-order valence-electron chi connectivity index (χ3n) is 3.72. The van der Waals surface area contributed by atoms with Crippen LogP contribution >= 0.6 is 23.1 Å². The molecule has 1 aromatic carbocycles. The Kier molecular flexibility index (Phi) is 5.40. The maximum atomic E-state index is 12.1. The summed E-state index contributed by atoms with van der Waals surface area (Å²) < 4.78 is 6.86. The molecule has 0 radical (unpaired) electrons. The Balaban J connectivity index is 1.50. The molecule has 0 spiro atoms. The average molecular weight is 349 g/mol. The summed E-state index contributed by atoms with van der Waals surface area (Å²) in [6, 6.07) is 7.52. The first kappa shape index (κ1) is 16.1. The maximum absolute atomic E-state index is 12.1. The van der Waals surface area contributed by atoms with Crippen LogP contribution in [-0.4, -0.2) is 40.7 Å². The van der Waals surface area contributed by atoms with Gasteiger partial charge in [0, 0.05) is 42.0 Å². The number of ether oxygens (including phenoxy) is 1. The lowest BCUT2D eigenvalue weighted by atomic mass is 10.2. The Morgan fingerprint density at radius 3 is 3.17 bits per heavy atom. The predicted octanol–water partition coefficient (Wildman–Crippen LogP) is 2.89. The van der Waals surface area contributed by atoms with Crippen molar-refractivity contribution in [2.45, 2.75) is 23.2 Å². The van der Waals surface area contributed by atoms with E-state index in [-0.39, 0.29) is 11.9 Å². The van der Waals surface area contributed by atoms with E-state index < -0.39 is 0 Å². The molecule has 2 heterocycles. The molecule has 1 aliphatic rings. The largest absolute Gasteiger partial charge is 0.491 e. The molecular formula is C16H19N3O2S2. The zero-order valence-electron chi connectivity index (χ0n) is 12.7. The van der Waals surface area contributed by atoms with Crippen LogP contribution in [0.3, 0.4) is 0 Å². The van der Waals surface area contributed by atoms with E-state index in [1.807, 2.05) is 28.5 Å². The summed E-state index contributed by atoms with van der Waals surface area (Å²) in [7, 11) is 0. The fourth-order valence-electron chi connectivity index (χ4n) is 2.58. The average Bonchev–Trinajstić information content (AvgIpc) is 3.17. The summed E-state index contributed by atoms with van der Waals surface area (Å²) in [6.45, 7) is 1.24. The highest BCUT2D eigenvalue weighted by atomic mass is 32.2. The number of anilines is 1. The van der Waals surface area contributed by atoms with Gasteiger partial charge in [0.1, 0.15) is 16.7 Å². The molecule has 5 nitrogen and oxygen atoms in total. The highest BCUT2D eigenvalue weighted by Gasteiger charge is 2.31. The molecule has 1 saturated heterocycles. The Bertz CT molecular complexity index is 649. The number of nitrogens with zero attached hydrogens (tertiary/aromatic N) is 2. The molecule has 0 saturated carbocycles. The van der Waals surface area contributed by atoms with E-state index in [0.29, 0.717) is 18.7 Å². The molecule has 122 valence electrons. The summed E-state index contributed by atoms with van der Waals surface area (Å²) in [4.78, 5) is 18.3. The molecule has 3 rings (SSSR count). The van der Waals surface area contributed by atoms with Crippen LogP contribution in [0.2, 0.25) is 0 Å². The number of aromatic nitrogens is 1. The monoisotopic (exact) mass is 349 g/mol. The van der Waals surface area contributed by atoms with Gasteiger partial charge < -0.3 is 15.4 Å². The molecular weight excluding hydrogens is 330 g/mol. The fourth-order valence-corrected chi connectivity index (χ4v) is 4.23. The van der Waals surface area contributed by atoms with Crippen LogP contribution in [0, 0.1) is 0 Å². The fraction of sp³-hybridized carbons (Fsp3) is 0.375. The minimum Gasteiger partial charge on any atom is -0.491 e. The van der Waals surface area contributed by atoms with Crippen molar-refractivity contribution in [3.63, 3.8) is 0 Å².